The molecule has 0 amide bonds. The number of fused-ring (bicyclic) bond motifs is 8. The van der Waals surface area contributed by atoms with Crippen molar-refractivity contribution in [2.24, 2.45) is 0 Å². The first kappa shape index (κ1) is 29.6. The Balaban J connectivity index is 1.14. The van der Waals surface area contributed by atoms with Crippen LogP contribution in [0.5, 0.6) is 0 Å². The van der Waals surface area contributed by atoms with Gasteiger partial charge in [0.1, 0.15) is 11.2 Å². The number of nitrogens with zero attached hydrogens (tertiary/aromatic N) is 2. The van der Waals surface area contributed by atoms with Crippen molar-refractivity contribution in [3.63, 3.8) is 0 Å². The Hall–Kier alpha value is -7.10. The fourth-order valence-corrected chi connectivity index (χ4v) is 8.38. The molecular weight excluding hydrogens is 645 g/mol. The molecule has 11 aromatic rings. The third-order valence-electron chi connectivity index (χ3n) is 10.8. The van der Waals surface area contributed by atoms with Gasteiger partial charge >= 0.3 is 0 Å². The van der Waals surface area contributed by atoms with Gasteiger partial charge in [-0.3, -0.25) is 0 Å². The summed E-state index contributed by atoms with van der Waals surface area (Å²) >= 11 is 0. The summed E-state index contributed by atoms with van der Waals surface area (Å²) in [6, 6.07) is 69.9. The van der Waals surface area contributed by atoms with Crippen LogP contribution >= 0.6 is 0 Å². The second-order valence-electron chi connectivity index (χ2n) is 13.7. The van der Waals surface area contributed by atoms with E-state index in [1.54, 1.807) is 0 Å². The molecular formula is C50H32N2O. The maximum atomic E-state index is 6.34. The van der Waals surface area contributed by atoms with Gasteiger partial charge in [0.15, 0.2) is 0 Å². The van der Waals surface area contributed by atoms with Gasteiger partial charge < -0.3 is 13.9 Å². The zero-order valence-corrected chi connectivity index (χ0v) is 28.8. The monoisotopic (exact) mass is 676 g/mol. The standard InChI is InChI=1S/C50H32N2O/c1-3-17-37-33(13-1)15-11-24-45(37)52(46-25-12-16-34-14-2-4-18-38(34)46)44-22-8-5-19-39(44)35-27-30-48-43(31-35)40-20-6-9-23-47(40)51(48)36-28-29-42-41-21-7-10-26-49(41)53-50(42)32-36/h1-32H. The third-order valence-corrected chi connectivity index (χ3v) is 10.8. The van der Waals surface area contributed by atoms with Crippen molar-refractivity contribution in [3.8, 4) is 16.8 Å². The van der Waals surface area contributed by atoms with Gasteiger partial charge in [0, 0.05) is 49.6 Å². The SMILES string of the molecule is c1ccc(N(c2cccc3ccccc23)c2cccc3ccccc23)c(-c2ccc3c(c2)c2ccccc2n3-c2ccc3c(c2)oc2ccccc23)c1. The van der Waals surface area contributed by atoms with E-state index in [1.807, 2.05) is 12.1 Å². The van der Waals surface area contributed by atoms with Crippen LogP contribution in [0.15, 0.2) is 199 Å². The molecule has 2 aromatic heterocycles. The Bertz CT molecular complexity index is 3110. The van der Waals surface area contributed by atoms with Gasteiger partial charge in [0.05, 0.1) is 28.1 Å². The van der Waals surface area contributed by atoms with Crippen molar-refractivity contribution in [2.75, 3.05) is 4.90 Å². The van der Waals surface area contributed by atoms with E-state index >= 15 is 0 Å². The molecule has 0 N–H and O–H groups in total. The number of benzene rings is 9. The molecule has 53 heavy (non-hydrogen) atoms. The van der Waals surface area contributed by atoms with Crippen LogP contribution in [0.4, 0.5) is 17.1 Å². The Morgan fingerprint density at radius 2 is 0.925 bits per heavy atom. The summed E-state index contributed by atoms with van der Waals surface area (Å²) in [5.41, 5.74) is 10.9. The van der Waals surface area contributed by atoms with E-state index in [0.29, 0.717) is 0 Å². The first-order valence-electron chi connectivity index (χ1n) is 18.1. The highest BCUT2D eigenvalue weighted by molar-refractivity contribution is 6.12. The van der Waals surface area contributed by atoms with Crippen molar-refractivity contribution < 1.29 is 4.42 Å². The summed E-state index contributed by atoms with van der Waals surface area (Å²) in [5.74, 6) is 0. The molecule has 0 aliphatic heterocycles. The maximum absolute atomic E-state index is 6.34. The summed E-state index contributed by atoms with van der Waals surface area (Å²) in [4.78, 5) is 2.45. The Morgan fingerprint density at radius 1 is 0.358 bits per heavy atom. The Morgan fingerprint density at radius 3 is 1.70 bits per heavy atom. The van der Waals surface area contributed by atoms with Crippen LogP contribution in [0, 0.1) is 0 Å². The van der Waals surface area contributed by atoms with E-state index in [-0.39, 0.29) is 0 Å². The second kappa shape index (κ2) is 11.7. The third kappa shape index (κ3) is 4.61. The molecule has 248 valence electrons. The molecule has 11 rings (SSSR count). The van der Waals surface area contributed by atoms with Gasteiger partial charge in [-0.2, -0.15) is 0 Å². The number of para-hydroxylation sites is 3. The molecule has 0 atom stereocenters. The van der Waals surface area contributed by atoms with Crippen LogP contribution in [0.2, 0.25) is 0 Å². The zero-order valence-electron chi connectivity index (χ0n) is 28.8. The highest BCUT2D eigenvalue weighted by Crippen LogP contribution is 2.46. The normalized spacial score (nSPS) is 11.8. The molecule has 0 radical (unpaired) electrons. The summed E-state index contributed by atoms with van der Waals surface area (Å²) in [7, 11) is 0. The van der Waals surface area contributed by atoms with E-state index in [9.17, 15) is 0 Å². The highest BCUT2D eigenvalue weighted by atomic mass is 16.3. The summed E-state index contributed by atoms with van der Waals surface area (Å²) in [6.07, 6.45) is 0. The van der Waals surface area contributed by atoms with E-state index in [1.165, 1.54) is 32.3 Å². The lowest BCUT2D eigenvalue weighted by atomic mass is 9.98. The first-order chi connectivity index (χ1) is 26.3. The van der Waals surface area contributed by atoms with Crippen molar-refractivity contribution in [1.82, 2.24) is 4.57 Å². The minimum absolute atomic E-state index is 0.891. The smallest absolute Gasteiger partial charge is 0.137 e. The number of anilines is 3. The summed E-state index contributed by atoms with van der Waals surface area (Å²) in [5, 5.41) is 9.53. The molecule has 2 heterocycles. The van der Waals surface area contributed by atoms with Crippen LogP contribution in [0.25, 0.3) is 82.1 Å². The summed E-state index contributed by atoms with van der Waals surface area (Å²) < 4.78 is 8.70. The average Bonchev–Trinajstić information content (AvgIpc) is 3.76. The van der Waals surface area contributed by atoms with Crippen molar-refractivity contribution in [3.05, 3.63) is 194 Å². The van der Waals surface area contributed by atoms with Gasteiger partial charge in [-0.25, -0.2) is 0 Å². The minimum Gasteiger partial charge on any atom is -0.456 e. The van der Waals surface area contributed by atoms with Crippen LogP contribution in [0.1, 0.15) is 0 Å². The van der Waals surface area contributed by atoms with Crippen molar-refractivity contribution >= 4 is 82.4 Å². The van der Waals surface area contributed by atoms with Crippen LogP contribution in [-0.2, 0) is 0 Å². The Kier molecular flexibility index (Phi) is 6.55. The summed E-state index contributed by atoms with van der Waals surface area (Å²) in [6.45, 7) is 0. The number of rotatable bonds is 5. The molecule has 0 bridgehead atoms. The van der Waals surface area contributed by atoms with Crippen LogP contribution in [-0.4, -0.2) is 4.57 Å². The van der Waals surface area contributed by atoms with Crippen molar-refractivity contribution in [1.29, 1.82) is 0 Å². The molecule has 9 aromatic carbocycles. The fraction of sp³-hybridized carbons (Fsp3) is 0. The molecule has 0 aliphatic carbocycles. The predicted molar refractivity (Wildman–Crippen MR) is 223 cm³/mol. The molecule has 0 saturated carbocycles. The van der Waals surface area contributed by atoms with Crippen molar-refractivity contribution in [2.45, 2.75) is 0 Å². The zero-order chi connectivity index (χ0) is 34.9. The minimum atomic E-state index is 0.891. The second-order valence-corrected chi connectivity index (χ2v) is 13.7. The maximum Gasteiger partial charge on any atom is 0.137 e. The van der Waals surface area contributed by atoms with E-state index in [4.69, 9.17) is 4.42 Å². The predicted octanol–water partition coefficient (Wildman–Crippen LogP) is 14.1. The molecule has 3 heteroatoms. The topological polar surface area (TPSA) is 21.3 Å². The Labute approximate surface area is 306 Å². The quantitative estimate of drug-likeness (QED) is 0.181. The van der Waals surface area contributed by atoms with Crippen LogP contribution in [0.3, 0.4) is 0 Å². The average molecular weight is 677 g/mol. The molecule has 0 spiro atoms. The van der Waals surface area contributed by atoms with Gasteiger partial charge in [-0.1, -0.05) is 133 Å². The fourth-order valence-electron chi connectivity index (χ4n) is 8.38. The number of hydrogen-bond acceptors (Lipinski definition) is 2. The molecule has 0 saturated heterocycles. The van der Waals surface area contributed by atoms with E-state index in [0.717, 1.165) is 66.8 Å². The lowest BCUT2D eigenvalue weighted by molar-refractivity contribution is 0.668. The molecule has 0 fully saturated rings. The number of hydrogen-bond donors (Lipinski definition) is 0. The van der Waals surface area contributed by atoms with Gasteiger partial charge in [0.2, 0.25) is 0 Å². The number of furan rings is 1. The van der Waals surface area contributed by atoms with Gasteiger partial charge in [0.25, 0.3) is 0 Å². The number of aromatic nitrogens is 1. The van der Waals surface area contributed by atoms with E-state index in [2.05, 4.69) is 191 Å². The van der Waals surface area contributed by atoms with Gasteiger partial charge in [-0.05, 0) is 70.9 Å². The molecule has 0 aliphatic rings. The van der Waals surface area contributed by atoms with Crippen LogP contribution < -0.4 is 4.90 Å². The lowest BCUT2D eigenvalue weighted by Gasteiger charge is -2.30. The van der Waals surface area contributed by atoms with E-state index < -0.39 is 0 Å². The first-order valence-corrected chi connectivity index (χ1v) is 18.1. The lowest BCUT2D eigenvalue weighted by Crippen LogP contribution is -2.12. The molecule has 3 nitrogen and oxygen atoms in total. The van der Waals surface area contributed by atoms with Gasteiger partial charge in [-0.15, -0.1) is 0 Å². The molecule has 0 unspecified atom stereocenters. The highest BCUT2D eigenvalue weighted by Gasteiger charge is 2.22. The largest absolute Gasteiger partial charge is 0.456 e.